The molecule has 4 rings (SSSR count). The average Bonchev–Trinajstić information content (AvgIpc) is 2.64. The molecule has 2 atom stereocenters. The normalized spacial score (nSPS) is 18.5. The van der Waals surface area contributed by atoms with Gasteiger partial charge in [0, 0.05) is 17.7 Å². The molecule has 0 saturated carbocycles. The maximum Gasteiger partial charge on any atom is 0.288 e. The zero-order chi connectivity index (χ0) is 17.9. The van der Waals surface area contributed by atoms with Crippen LogP contribution >= 0.6 is 0 Å². The highest BCUT2D eigenvalue weighted by Crippen LogP contribution is 2.35. The molecule has 0 aromatic heterocycles. The Hall–Kier alpha value is -2.83. The van der Waals surface area contributed by atoms with Gasteiger partial charge in [0.25, 0.3) is 11.3 Å². The molecule has 1 N–H and O–H groups in total. The summed E-state index contributed by atoms with van der Waals surface area (Å²) in [5.74, 6) is 3.37. The van der Waals surface area contributed by atoms with Crippen LogP contribution in [0.4, 0.5) is 0 Å². The minimum atomic E-state index is -1.53. The second-order valence-electron chi connectivity index (χ2n) is 5.85. The van der Waals surface area contributed by atoms with E-state index in [1.807, 2.05) is 73.7 Å². The van der Waals surface area contributed by atoms with Gasteiger partial charge in [0.2, 0.25) is 0 Å². The molecule has 2 unspecified atom stereocenters. The van der Waals surface area contributed by atoms with Gasteiger partial charge in [-0.15, -0.1) is 0 Å². The fourth-order valence-electron chi connectivity index (χ4n) is 2.66. The van der Waals surface area contributed by atoms with Crippen molar-refractivity contribution in [2.24, 2.45) is 0 Å². The van der Waals surface area contributed by atoms with Gasteiger partial charge in [-0.25, -0.2) is 0 Å². The summed E-state index contributed by atoms with van der Waals surface area (Å²) < 4.78 is 31.4. The lowest BCUT2D eigenvalue weighted by Gasteiger charge is -2.22. The zero-order valence-electron chi connectivity index (χ0n) is 14.0. The molecule has 26 heavy (non-hydrogen) atoms. The third-order valence-corrected chi connectivity index (χ3v) is 4.81. The molecule has 6 heteroatoms. The molecular formula is C20H17NO4S. The fourth-order valence-corrected chi connectivity index (χ4v) is 3.43. The highest BCUT2D eigenvalue weighted by atomic mass is 32.2. The van der Waals surface area contributed by atoms with Crippen molar-refractivity contribution >= 4 is 11.3 Å². The van der Waals surface area contributed by atoms with Crippen molar-refractivity contribution in [3.05, 3.63) is 78.4 Å². The fraction of sp³-hybridized carbons (Fsp3) is 0.100. The minimum Gasteiger partial charge on any atom is -0.457 e. The van der Waals surface area contributed by atoms with Gasteiger partial charge in [0.15, 0.2) is 0 Å². The molecule has 1 aliphatic rings. The summed E-state index contributed by atoms with van der Waals surface area (Å²) in [6, 6.07) is 22.4. The number of nitrogens with one attached hydrogen (secondary N) is 1. The molecule has 0 amide bonds. The third-order valence-electron chi connectivity index (χ3n) is 3.93. The van der Waals surface area contributed by atoms with Crippen LogP contribution in [0.2, 0.25) is 0 Å². The zero-order valence-corrected chi connectivity index (χ0v) is 14.9. The quantitative estimate of drug-likeness (QED) is 0.713. The van der Waals surface area contributed by atoms with Crippen LogP contribution in [0, 0.1) is 0 Å². The van der Waals surface area contributed by atoms with Crippen molar-refractivity contribution < 1.29 is 17.9 Å². The van der Waals surface area contributed by atoms with Gasteiger partial charge < -0.3 is 13.7 Å². The largest absolute Gasteiger partial charge is 0.457 e. The van der Waals surface area contributed by atoms with E-state index in [0.717, 1.165) is 17.1 Å². The van der Waals surface area contributed by atoms with Gasteiger partial charge in [0.05, 0.1) is 0 Å². The molecule has 0 aliphatic carbocycles. The molecule has 1 aliphatic heterocycles. The first-order valence-electron chi connectivity index (χ1n) is 8.18. The van der Waals surface area contributed by atoms with Crippen molar-refractivity contribution in [1.82, 2.24) is 4.72 Å². The Bertz CT molecular complexity index is 928. The number of benzene rings is 3. The first-order valence-corrected chi connectivity index (χ1v) is 9.26. The summed E-state index contributed by atoms with van der Waals surface area (Å²) in [7, 11) is 0. The lowest BCUT2D eigenvalue weighted by atomic mass is 10.1. The smallest absolute Gasteiger partial charge is 0.288 e. The van der Waals surface area contributed by atoms with Crippen LogP contribution in [0.15, 0.2) is 72.8 Å². The van der Waals surface area contributed by atoms with E-state index in [2.05, 4.69) is 4.72 Å². The van der Waals surface area contributed by atoms with Gasteiger partial charge in [-0.2, -0.15) is 8.93 Å². The maximum atomic E-state index is 11.6. The molecule has 0 spiro atoms. The molecule has 3 aromatic rings. The monoisotopic (exact) mass is 367 g/mol. The standard InChI is InChI=1S/C20H17NO4S/c1-14-19-12-11-18(13-20(19)25-26(22)21-14)24-17-9-7-16(8-10-17)23-15-5-3-2-4-6-15/h2-14,21H,1H3. The molecule has 132 valence electrons. The summed E-state index contributed by atoms with van der Waals surface area (Å²) in [5.41, 5.74) is 0.948. The Morgan fingerprint density at radius 2 is 1.42 bits per heavy atom. The van der Waals surface area contributed by atoms with E-state index >= 15 is 0 Å². The van der Waals surface area contributed by atoms with Crippen LogP contribution < -0.4 is 18.4 Å². The SMILES string of the molecule is CC1NS(=O)Oc2cc(Oc3ccc(Oc4ccccc4)cc3)ccc21. The van der Waals surface area contributed by atoms with E-state index in [0.29, 0.717) is 17.2 Å². The van der Waals surface area contributed by atoms with E-state index in [-0.39, 0.29) is 6.04 Å². The van der Waals surface area contributed by atoms with Crippen LogP contribution in [0.1, 0.15) is 18.5 Å². The van der Waals surface area contributed by atoms with E-state index < -0.39 is 11.3 Å². The Labute approximate surface area is 154 Å². The molecule has 3 aromatic carbocycles. The minimum absolute atomic E-state index is 0.0388. The number of hydrogen-bond acceptors (Lipinski definition) is 4. The van der Waals surface area contributed by atoms with Gasteiger partial charge in [0.1, 0.15) is 28.7 Å². The maximum absolute atomic E-state index is 11.6. The Morgan fingerprint density at radius 3 is 2.12 bits per heavy atom. The molecule has 0 radical (unpaired) electrons. The Balaban J connectivity index is 1.48. The highest BCUT2D eigenvalue weighted by Gasteiger charge is 2.22. The predicted octanol–water partition coefficient (Wildman–Crippen LogP) is 4.89. The van der Waals surface area contributed by atoms with Crippen LogP contribution in [-0.4, -0.2) is 4.21 Å². The molecule has 1 heterocycles. The summed E-state index contributed by atoms with van der Waals surface area (Å²) in [4.78, 5) is 0. The number of fused-ring (bicyclic) bond motifs is 1. The van der Waals surface area contributed by atoms with Crippen LogP contribution in [0.25, 0.3) is 0 Å². The first kappa shape index (κ1) is 16.6. The number of rotatable bonds is 4. The topological polar surface area (TPSA) is 56.8 Å². The first-order chi connectivity index (χ1) is 12.7. The molecular weight excluding hydrogens is 350 g/mol. The summed E-state index contributed by atoms with van der Waals surface area (Å²) in [6.45, 7) is 1.94. The van der Waals surface area contributed by atoms with Crippen LogP contribution in [0.5, 0.6) is 28.7 Å². The lowest BCUT2D eigenvalue weighted by Crippen LogP contribution is -2.30. The number of para-hydroxylation sites is 1. The van der Waals surface area contributed by atoms with Crippen molar-refractivity contribution in [3.63, 3.8) is 0 Å². The van der Waals surface area contributed by atoms with E-state index in [4.69, 9.17) is 13.7 Å². The van der Waals surface area contributed by atoms with Crippen LogP contribution in [-0.2, 0) is 11.3 Å². The lowest BCUT2D eigenvalue weighted by molar-refractivity contribution is 0.462. The van der Waals surface area contributed by atoms with Crippen molar-refractivity contribution in [3.8, 4) is 28.7 Å². The molecule has 5 nitrogen and oxygen atoms in total. The molecule has 0 saturated heterocycles. The van der Waals surface area contributed by atoms with Gasteiger partial charge in [-0.1, -0.05) is 18.2 Å². The second kappa shape index (κ2) is 7.19. The van der Waals surface area contributed by atoms with Gasteiger partial charge in [-0.3, -0.25) is 0 Å². The predicted molar refractivity (Wildman–Crippen MR) is 99.8 cm³/mol. The number of ether oxygens (including phenoxy) is 2. The van der Waals surface area contributed by atoms with Crippen molar-refractivity contribution in [2.45, 2.75) is 13.0 Å². The average molecular weight is 367 g/mol. The van der Waals surface area contributed by atoms with E-state index in [1.54, 1.807) is 6.07 Å². The molecule has 0 bridgehead atoms. The van der Waals surface area contributed by atoms with Crippen molar-refractivity contribution in [1.29, 1.82) is 0 Å². The van der Waals surface area contributed by atoms with Gasteiger partial charge >= 0.3 is 0 Å². The number of hydrogen-bond donors (Lipinski definition) is 1. The van der Waals surface area contributed by atoms with E-state index in [1.165, 1.54) is 0 Å². The Kier molecular flexibility index (Phi) is 4.60. The van der Waals surface area contributed by atoms with Crippen molar-refractivity contribution in [2.75, 3.05) is 0 Å². The highest BCUT2D eigenvalue weighted by molar-refractivity contribution is 7.78. The third kappa shape index (κ3) is 3.71. The summed E-state index contributed by atoms with van der Waals surface area (Å²) >= 11 is -1.53. The summed E-state index contributed by atoms with van der Waals surface area (Å²) in [6.07, 6.45) is 0. The van der Waals surface area contributed by atoms with Crippen LogP contribution in [0.3, 0.4) is 0 Å². The Morgan fingerprint density at radius 1 is 0.846 bits per heavy atom. The van der Waals surface area contributed by atoms with Gasteiger partial charge in [-0.05, 0) is 55.5 Å². The molecule has 0 fully saturated rings. The summed E-state index contributed by atoms with van der Waals surface area (Å²) in [5, 5.41) is 0. The second-order valence-corrected chi connectivity index (χ2v) is 6.72. The van der Waals surface area contributed by atoms with E-state index in [9.17, 15) is 4.21 Å².